The summed E-state index contributed by atoms with van der Waals surface area (Å²) in [5, 5.41) is -0.443. The van der Waals surface area contributed by atoms with Gasteiger partial charge in [-0.15, -0.1) is 0 Å². The fourth-order valence-electron chi connectivity index (χ4n) is 4.26. The van der Waals surface area contributed by atoms with Crippen LogP contribution in [0.1, 0.15) is 17.2 Å². The molecule has 4 aromatic rings. The predicted octanol–water partition coefficient (Wildman–Crippen LogP) is 6.33. The molecule has 1 aliphatic heterocycles. The topological polar surface area (TPSA) is 38.8 Å². The van der Waals surface area contributed by atoms with Crippen LogP contribution < -0.4 is 14.4 Å². The van der Waals surface area contributed by atoms with Crippen LogP contribution in [0.25, 0.3) is 11.1 Å². The number of nitrogens with zero attached hydrogens (tertiary/aromatic N) is 1. The summed E-state index contributed by atoms with van der Waals surface area (Å²) in [5.41, 5.74) is 5.05. The number of methoxy groups -OCH3 is 1. The number of rotatable bonds is 7. The first-order valence-corrected chi connectivity index (χ1v) is 11.7. The molecule has 1 saturated heterocycles. The Hall–Kier alpha value is -3.70. The maximum atomic E-state index is 12.9. The highest BCUT2D eigenvalue weighted by atomic mass is 32.1. The number of amides is 1. The summed E-state index contributed by atoms with van der Waals surface area (Å²) in [6, 6.07) is 33.7. The number of hydrogen-bond acceptors (Lipinski definition) is 4. The van der Waals surface area contributed by atoms with Crippen molar-refractivity contribution in [3.8, 4) is 22.6 Å². The van der Waals surface area contributed by atoms with Gasteiger partial charge in [-0.2, -0.15) is 12.6 Å². The Kier molecular flexibility index (Phi) is 6.28. The van der Waals surface area contributed by atoms with Gasteiger partial charge in [0.25, 0.3) is 0 Å². The summed E-state index contributed by atoms with van der Waals surface area (Å²) in [6.07, 6.45) is 0. The zero-order valence-corrected chi connectivity index (χ0v) is 19.7. The molecular weight excluding hydrogens is 442 g/mol. The maximum absolute atomic E-state index is 12.9. The van der Waals surface area contributed by atoms with Gasteiger partial charge in [0.15, 0.2) is 0 Å². The van der Waals surface area contributed by atoms with Crippen molar-refractivity contribution in [2.45, 2.75) is 17.9 Å². The lowest BCUT2D eigenvalue weighted by molar-refractivity contribution is -0.123. The number of β-lactam (4-membered cyclic amide) rings is 1. The van der Waals surface area contributed by atoms with Crippen LogP contribution in [0.2, 0.25) is 0 Å². The first-order valence-electron chi connectivity index (χ1n) is 11.2. The number of ether oxygens (including phenoxy) is 2. The van der Waals surface area contributed by atoms with E-state index in [1.54, 1.807) is 12.0 Å². The summed E-state index contributed by atoms with van der Waals surface area (Å²) in [6.45, 7) is 0.421. The Morgan fingerprint density at radius 3 is 2.15 bits per heavy atom. The van der Waals surface area contributed by atoms with Gasteiger partial charge in [-0.25, -0.2) is 0 Å². The SMILES string of the molecule is COc1ccc(C2C(S)C(=O)N2c2ccc(-c3ccccc3)cc2)c(OCc2ccccc2)c1. The first-order chi connectivity index (χ1) is 16.7. The van der Waals surface area contributed by atoms with Crippen LogP contribution in [0.3, 0.4) is 0 Å². The van der Waals surface area contributed by atoms with Gasteiger partial charge in [0, 0.05) is 17.3 Å². The molecule has 1 fully saturated rings. The van der Waals surface area contributed by atoms with Gasteiger partial charge in [0.05, 0.1) is 13.2 Å². The summed E-state index contributed by atoms with van der Waals surface area (Å²) in [7, 11) is 1.63. The highest BCUT2D eigenvalue weighted by Crippen LogP contribution is 2.46. The van der Waals surface area contributed by atoms with Crippen LogP contribution in [0, 0.1) is 0 Å². The number of carbonyl (C=O) groups is 1. The molecule has 5 heteroatoms. The van der Waals surface area contributed by atoms with E-state index in [1.165, 1.54) is 0 Å². The second-order valence-corrected chi connectivity index (χ2v) is 8.75. The Morgan fingerprint density at radius 1 is 0.824 bits per heavy atom. The minimum atomic E-state index is -0.443. The lowest BCUT2D eigenvalue weighted by Gasteiger charge is -2.45. The number of thiol groups is 1. The quantitative estimate of drug-likeness (QED) is 0.255. The third-order valence-corrected chi connectivity index (χ3v) is 6.60. The van der Waals surface area contributed by atoms with Gasteiger partial charge in [0.1, 0.15) is 23.4 Å². The average molecular weight is 468 g/mol. The summed E-state index contributed by atoms with van der Waals surface area (Å²) in [5.74, 6) is 1.36. The van der Waals surface area contributed by atoms with E-state index in [4.69, 9.17) is 9.47 Å². The average Bonchev–Trinajstić information content (AvgIpc) is 2.91. The van der Waals surface area contributed by atoms with Gasteiger partial charge in [0.2, 0.25) is 5.91 Å². The van der Waals surface area contributed by atoms with Crippen LogP contribution in [0.15, 0.2) is 103 Å². The summed E-state index contributed by atoms with van der Waals surface area (Å²) in [4.78, 5) is 14.7. The van der Waals surface area contributed by atoms with Crippen LogP contribution in [0.4, 0.5) is 5.69 Å². The molecule has 0 saturated carbocycles. The molecule has 2 atom stereocenters. The molecule has 4 nitrogen and oxygen atoms in total. The van der Waals surface area contributed by atoms with Crippen molar-refractivity contribution >= 4 is 24.2 Å². The van der Waals surface area contributed by atoms with Crippen molar-refractivity contribution in [2.75, 3.05) is 12.0 Å². The third kappa shape index (κ3) is 4.27. The van der Waals surface area contributed by atoms with E-state index in [-0.39, 0.29) is 11.9 Å². The normalized spacial score (nSPS) is 17.2. The van der Waals surface area contributed by atoms with Gasteiger partial charge in [-0.1, -0.05) is 72.8 Å². The number of benzene rings is 4. The van der Waals surface area contributed by atoms with Crippen LogP contribution in [-0.4, -0.2) is 18.3 Å². The fourth-order valence-corrected chi connectivity index (χ4v) is 4.68. The molecular formula is C29H25NO3S. The first kappa shape index (κ1) is 22.1. The van der Waals surface area contributed by atoms with Crippen molar-refractivity contribution in [3.05, 3.63) is 114 Å². The second-order valence-electron chi connectivity index (χ2n) is 8.19. The highest BCUT2D eigenvalue weighted by Gasteiger charge is 2.48. The van der Waals surface area contributed by atoms with E-state index < -0.39 is 5.25 Å². The number of anilines is 1. The third-order valence-electron chi connectivity index (χ3n) is 6.10. The number of carbonyl (C=O) groups excluding carboxylic acids is 1. The Morgan fingerprint density at radius 2 is 1.47 bits per heavy atom. The Bertz CT molecular complexity index is 1280. The van der Waals surface area contributed by atoms with Crippen LogP contribution in [0.5, 0.6) is 11.5 Å². The summed E-state index contributed by atoms with van der Waals surface area (Å²) < 4.78 is 11.6. The molecule has 1 aliphatic rings. The van der Waals surface area contributed by atoms with E-state index >= 15 is 0 Å². The summed E-state index contributed by atoms with van der Waals surface area (Å²) >= 11 is 4.63. The highest BCUT2D eigenvalue weighted by molar-refractivity contribution is 7.82. The van der Waals surface area contributed by atoms with Crippen LogP contribution in [-0.2, 0) is 11.4 Å². The van der Waals surface area contributed by atoms with Crippen LogP contribution >= 0.6 is 12.6 Å². The maximum Gasteiger partial charge on any atom is 0.242 e. The zero-order valence-electron chi connectivity index (χ0n) is 18.8. The molecule has 2 unspecified atom stereocenters. The molecule has 0 spiro atoms. The molecule has 0 bridgehead atoms. The monoisotopic (exact) mass is 467 g/mol. The largest absolute Gasteiger partial charge is 0.497 e. The van der Waals surface area contributed by atoms with E-state index in [2.05, 4.69) is 24.8 Å². The lowest BCUT2D eigenvalue weighted by atomic mass is 9.91. The molecule has 0 aliphatic carbocycles. The Labute approximate surface area is 205 Å². The second kappa shape index (κ2) is 9.65. The van der Waals surface area contributed by atoms with Gasteiger partial charge >= 0.3 is 0 Å². The molecule has 1 amide bonds. The smallest absolute Gasteiger partial charge is 0.242 e. The van der Waals surface area contributed by atoms with E-state index in [9.17, 15) is 4.79 Å². The number of hydrogen-bond donors (Lipinski definition) is 1. The van der Waals surface area contributed by atoms with Crippen molar-refractivity contribution < 1.29 is 14.3 Å². The minimum absolute atomic E-state index is 0.0226. The van der Waals surface area contributed by atoms with E-state index in [0.717, 1.165) is 27.9 Å². The van der Waals surface area contributed by atoms with Crippen molar-refractivity contribution in [1.82, 2.24) is 0 Å². The molecule has 5 rings (SSSR count). The van der Waals surface area contributed by atoms with Crippen molar-refractivity contribution in [3.63, 3.8) is 0 Å². The molecule has 34 heavy (non-hydrogen) atoms. The van der Waals surface area contributed by atoms with Gasteiger partial charge in [-0.05, 0) is 41.0 Å². The zero-order chi connectivity index (χ0) is 23.5. The molecule has 4 aromatic carbocycles. The standard InChI is InChI=1S/C29H25NO3S/c1-32-24-16-17-25(26(18-24)33-19-20-8-4-2-5-9-20)27-28(34)29(31)30(27)23-14-12-22(13-15-23)21-10-6-3-7-11-21/h2-18,27-28,34H,19H2,1H3. The molecule has 1 heterocycles. The fraction of sp³-hybridized carbons (Fsp3) is 0.138. The minimum Gasteiger partial charge on any atom is -0.497 e. The Balaban J connectivity index is 1.44. The van der Waals surface area contributed by atoms with E-state index in [0.29, 0.717) is 18.1 Å². The molecule has 0 radical (unpaired) electrons. The van der Waals surface area contributed by atoms with Crippen molar-refractivity contribution in [2.24, 2.45) is 0 Å². The van der Waals surface area contributed by atoms with Gasteiger partial charge < -0.3 is 14.4 Å². The predicted molar refractivity (Wildman–Crippen MR) is 139 cm³/mol. The molecule has 0 N–H and O–H groups in total. The lowest BCUT2D eigenvalue weighted by Crippen LogP contribution is -2.56. The molecule has 0 aromatic heterocycles. The van der Waals surface area contributed by atoms with Gasteiger partial charge in [-0.3, -0.25) is 4.79 Å². The van der Waals surface area contributed by atoms with E-state index in [1.807, 2.05) is 91.0 Å². The van der Waals surface area contributed by atoms with Crippen molar-refractivity contribution in [1.29, 1.82) is 0 Å². The molecule has 170 valence electrons.